The molecule has 4 aromatic rings. The lowest BCUT2D eigenvalue weighted by molar-refractivity contribution is 0.733. The van der Waals surface area contributed by atoms with Crippen molar-refractivity contribution in [3.8, 4) is 5.69 Å². The second kappa shape index (κ2) is 5.51. The highest BCUT2D eigenvalue weighted by Crippen LogP contribution is 2.31. The molecule has 0 saturated carbocycles. The van der Waals surface area contributed by atoms with Gasteiger partial charge in [-0.05, 0) is 42.2 Å². The molecule has 3 heteroatoms. The number of pyridine rings is 2. The molecule has 0 spiro atoms. The zero-order valence-electron chi connectivity index (χ0n) is 13.4. The van der Waals surface area contributed by atoms with E-state index < -0.39 is 0 Å². The summed E-state index contributed by atoms with van der Waals surface area (Å²) in [6, 6.07) is 13.0. The van der Waals surface area contributed by atoms with Gasteiger partial charge in [-0.15, -0.1) is 0 Å². The summed E-state index contributed by atoms with van der Waals surface area (Å²) in [6.07, 6.45) is 8.69. The van der Waals surface area contributed by atoms with E-state index in [-0.39, 0.29) is 0 Å². The molecule has 0 fully saturated rings. The third kappa shape index (κ3) is 2.20. The molecule has 1 unspecified atom stereocenters. The largest absolute Gasteiger partial charge is 0.309 e. The minimum Gasteiger partial charge on any atom is -0.309 e. The molecule has 1 atom stereocenters. The van der Waals surface area contributed by atoms with Crippen LogP contribution in [0.25, 0.3) is 27.5 Å². The zero-order chi connectivity index (χ0) is 15.8. The van der Waals surface area contributed by atoms with Crippen LogP contribution in [-0.4, -0.2) is 14.5 Å². The fourth-order valence-corrected chi connectivity index (χ4v) is 3.17. The van der Waals surface area contributed by atoms with Crippen molar-refractivity contribution < 1.29 is 0 Å². The van der Waals surface area contributed by atoms with Gasteiger partial charge in [0.05, 0.1) is 11.0 Å². The Bertz CT molecular complexity index is 914. The van der Waals surface area contributed by atoms with Crippen LogP contribution >= 0.6 is 0 Å². The first-order valence-corrected chi connectivity index (χ1v) is 8.08. The SMILES string of the molecule is CCC(C)c1ccc(-n2c3ccncc3c3cnccc32)cc1. The molecule has 0 aliphatic heterocycles. The number of hydrogen-bond donors (Lipinski definition) is 0. The summed E-state index contributed by atoms with van der Waals surface area (Å²) in [6.45, 7) is 4.50. The van der Waals surface area contributed by atoms with E-state index in [1.54, 1.807) is 0 Å². The highest BCUT2D eigenvalue weighted by atomic mass is 15.0. The Morgan fingerprint density at radius 3 is 1.96 bits per heavy atom. The van der Waals surface area contributed by atoms with Gasteiger partial charge < -0.3 is 4.57 Å². The van der Waals surface area contributed by atoms with Crippen molar-refractivity contribution in [3.05, 3.63) is 66.7 Å². The summed E-state index contributed by atoms with van der Waals surface area (Å²) < 4.78 is 2.29. The molecule has 1 aromatic carbocycles. The predicted octanol–water partition coefficient (Wildman–Crippen LogP) is 5.09. The van der Waals surface area contributed by atoms with Gasteiger partial charge in [-0.1, -0.05) is 26.0 Å². The molecule has 3 heterocycles. The van der Waals surface area contributed by atoms with Crippen LogP contribution in [0, 0.1) is 0 Å². The molecule has 0 aliphatic rings. The quantitative estimate of drug-likeness (QED) is 0.528. The van der Waals surface area contributed by atoms with Gasteiger partial charge in [-0.25, -0.2) is 0 Å². The third-order valence-corrected chi connectivity index (χ3v) is 4.70. The predicted molar refractivity (Wildman–Crippen MR) is 95.1 cm³/mol. The number of fused-ring (bicyclic) bond motifs is 3. The van der Waals surface area contributed by atoms with Crippen molar-refractivity contribution in [1.29, 1.82) is 0 Å². The minimum absolute atomic E-state index is 0.593. The maximum Gasteiger partial charge on any atom is 0.0572 e. The molecule has 114 valence electrons. The van der Waals surface area contributed by atoms with E-state index in [0.717, 1.165) is 17.2 Å². The summed E-state index contributed by atoms with van der Waals surface area (Å²) in [5.41, 5.74) is 4.90. The van der Waals surface area contributed by atoms with E-state index in [2.05, 4.69) is 64.8 Å². The maximum absolute atomic E-state index is 4.28. The molecule has 0 amide bonds. The van der Waals surface area contributed by atoms with Crippen molar-refractivity contribution >= 4 is 21.8 Å². The highest BCUT2D eigenvalue weighted by molar-refractivity contribution is 6.08. The zero-order valence-corrected chi connectivity index (χ0v) is 13.4. The van der Waals surface area contributed by atoms with E-state index >= 15 is 0 Å². The Kier molecular flexibility index (Phi) is 3.34. The lowest BCUT2D eigenvalue weighted by Crippen LogP contribution is -1.96. The van der Waals surface area contributed by atoms with E-state index in [4.69, 9.17) is 0 Å². The van der Waals surface area contributed by atoms with Crippen molar-refractivity contribution in [2.75, 3.05) is 0 Å². The number of hydrogen-bond acceptors (Lipinski definition) is 2. The second-order valence-corrected chi connectivity index (χ2v) is 6.02. The van der Waals surface area contributed by atoms with E-state index in [0.29, 0.717) is 5.92 Å². The summed E-state index contributed by atoms with van der Waals surface area (Å²) in [5, 5.41) is 2.28. The van der Waals surface area contributed by atoms with Crippen LogP contribution in [-0.2, 0) is 0 Å². The van der Waals surface area contributed by atoms with Gasteiger partial charge in [0.25, 0.3) is 0 Å². The topological polar surface area (TPSA) is 30.7 Å². The van der Waals surface area contributed by atoms with Crippen molar-refractivity contribution in [2.45, 2.75) is 26.2 Å². The van der Waals surface area contributed by atoms with Gasteiger partial charge in [0.15, 0.2) is 0 Å². The fourth-order valence-electron chi connectivity index (χ4n) is 3.17. The number of benzene rings is 1. The van der Waals surface area contributed by atoms with Crippen LogP contribution in [0.15, 0.2) is 61.2 Å². The first-order chi connectivity index (χ1) is 11.3. The average molecular weight is 301 g/mol. The fraction of sp³-hybridized carbons (Fsp3) is 0.200. The first-order valence-electron chi connectivity index (χ1n) is 8.08. The maximum atomic E-state index is 4.28. The van der Waals surface area contributed by atoms with E-state index in [1.807, 2.05) is 24.8 Å². The highest BCUT2D eigenvalue weighted by Gasteiger charge is 2.12. The van der Waals surface area contributed by atoms with Crippen molar-refractivity contribution in [2.24, 2.45) is 0 Å². The number of rotatable bonds is 3. The average Bonchev–Trinajstić information content (AvgIpc) is 2.96. The van der Waals surface area contributed by atoms with Crippen molar-refractivity contribution in [1.82, 2.24) is 14.5 Å². The molecule has 3 aromatic heterocycles. The Balaban J connectivity index is 1.97. The minimum atomic E-state index is 0.593. The summed E-state index contributed by atoms with van der Waals surface area (Å²) in [5.74, 6) is 0.593. The molecule has 0 saturated heterocycles. The smallest absolute Gasteiger partial charge is 0.0572 e. The van der Waals surface area contributed by atoms with Crippen LogP contribution in [0.3, 0.4) is 0 Å². The molecule has 4 rings (SSSR count). The molecular weight excluding hydrogens is 282 g/mol. The summed E-state index contributed by atoms with van der Waals surface area (Å²) in [4.78, 5) is 8.55. The van der Waals surface area contributed by atoms with Gasteiger partial charge in [-0.2, -0.15) is 0 Å². The first kappa shape index (κ1) is 13.9. The molecule has 0 radical (unpaired) electrons. The van der Waals surface area contributed by atoms with Gasteiger partial charge in [0.1, 0.15) is 0 Å². The van der Waals surface area contributed by atoms with Gasteiger partial charge in [0.2, 0.25) is 0 Å². The normalized spacial score (nSPS) is 12.8. The molecule has 0 bridgehead atoms. The number of nitrogens with zero attached hydrogens (tertiary/aromatic N) is 3. The lowest BCUT2D eigenvalue weighted by Gasteiger charge is -2.12. The van der Waals surface area contributed by atoms with Crippen LogP contribution in [0.5, 0.6) is 0 Å². The second-order valence-electron chi connectivity index (χ2n) is 6.02. The van der Waals surface area contributed by atoms with Crippen molar-refractivity contribution in [3.63, 3.8) is 0 Å². The third-order valence-electron chi connectivity index (χ3n) is 4.70. The van der Waals surface area contributed by atoms with Crippen LogP contribution in [0.4, 0.5) is 0 Å². The Morgan fingerprint density at radius 2 is 1.43 bits per heavy atom. The van der Waals surface area contributed by atoms with Gasteiger partial charge in [-0.3, -0.25) is 9.97 Å². The van der Waals surface area contributed by atoms with Gasteiger partial charge in [0, 0.05) is 41.2 Å². The lowest BCUT2D eigenvalue weighted by atomic mass is 9.98. The Morgan fingerprint density at radius 1 is 0.870 bits per heavy atom. The molecule has 3 nitrogen and oxygen atoms in total. The van der Waals surface area contributed by atoms with E-state index in [9.17, 15) is 0 Å². The van der Waals surface area contributed by atoms with E-state index in [1.165, 1.54) is 22.3 Å². The molecule has 0 aliphatic carbocycles. The standard InChI is InChI=1S/C20H19N3/c1-3-14(2)15-4-6-16(7-5-15)23-19-8-10-21-12-17(19)18-13-22-11-9-20(18)23/h4-14H,3H2,1-2H3. The van der Waals surface area contributed by atoms with Gasteiger partial charge >= 0.3 is 0 Å². The summed E-state index contributed by atoms with van der Waals surface area (Å²) >= 11 is 0. The molecule has 0 N–H and O–H groups in total. The summed E-state index contributed by atoms with van der Waals surface area (Å²) in [7, 11) is 0. The molecule has 23 heavy (non-hydrogen) atoms. The Labute approximate surface area is 135 Å². The van der Waals surface area contributed by atoms with Crippen LogP contribution in [0.1, 0.15) is 31.7 Å². The van der Waals surface area contributed by atoms with Crippen LogP contribution < -0.4 is 0 Å². The Hall–Kier alpha value is -2.68. The number of aromatic nitrogens is 3. The monoisotopic (exact) mass is 301 g/mol. The molecular formula is C20H19N3. The van der Waals surface area contributed by atoms with Crippen LogP contribution in [0.2, 0.25) is 0 Å².